The molecule has 1 fully saturated rings. The van der Waals surface area contributed by atoms with Gasteiger partial charge in [0.05, 0.1) is 21.2 Å². The van der Waals surface area contributed by atoms with Crippen LogP contribution in [-0.4, -0.2) is 22.6 Å². The van der Waals surface area contributed by atoms with Crippen molar-refractivity contribution < 1.29 is 24.0 Å². The van der Waals surface area contributed by atoms with Gasteiger partial charge in [-0.2, -0.15) is 5.26 Å². The molecule has 1 heterocycles. The van der Waals surface area contributed by atoms with Gasteiger partial charge in [-0.25, -0.2) is 9.59 Å². The molecule has 0 bridgehead atoms. The molecule has 1 N–H and O–H groups in total. The maximum absolute atomic E-state index is 11.8. The Balaban J connectivity index is 2.36. The highest BCUT2D eigenvalue weighted by molar-refractivity contribution is 6.33. The van der Waals surface area contributed by atoms with Crippen LogP contribution in [0.4, 0.5) is 11.4 Å². The second kappa shape index (κ2) is 6.17. The second-order valence-corrected chi connectivity index (χ2v) is 5.51. The molecule has 9 nitrogen and oxygen atoms in total. The van der Waals surface area contributed by atoms with Crippen LogP contribution in [0.2, 0.25) is 5.02 Å². The van der Waals surface area contributed by atoms with Crippen LogP contribution >= 0.6 is 11.6 Å². The van der Waals surface area contributed by atoms with Gasteiger partial charge in [0.15, 0.2) is 5.57 Å². The topological polar surface area (TPSA) is 132 Å². The summed E-state index contributed by atoms with van der Waals surface area (Å²) in [6, 6.07) is 3.78. The number of rotatable bonds is 3. The molecule has 0 radical (unpaired) electrons. The largest absolute Gasteiger partial charge is 0.419 e. The highest BCUT2D eigenvalue weighted by atomic mass is 35.5. The van der Waals surface area contributed by atoms with E-state index in [4.69, 9.17) is 26.3 Å². The highest BCUT2D eigenvalue weighted by Crippen LogP contribution is 2.31. The Bertz CT molecular complexity index is 803. The van der Waals surface area contributed by atoms with Gasteiger partial charge >= 0.3 is 11.9 Å². The predicted octanol–water partition coefficient (Wildman–Crippen LogP) is 2.25. The van der Waals surface area contributed by atoms with Gasteiger partial charge in [0, 0.05) is 32.2 Å². The minimum atomic E-state index is -1.38. The fraction of sp³-hybridized carbons (Fsp3) is 0.214. The zero-order valence-electron chi connectivity index (χ0n) is 12.5. The molecule has 1 aliphatic rings. The number of nitro benzene ring substituents is 1. The van der Waals surface area contributed by atoms with Crippen molar-refractivity contribution in [2.75, 3.05) is 5.32 Å². The van der Waals surface area contributed by atoms with Crippen LogP contribution in [0.3, 0.4) is 0 Å². The minimum Gasteiger partial charge on any atom is -0.419 e. The van der Waals surface area contributed by atoms with E-state index in [1.165, 1.54) is 13.8 Å². The lowest BCUT2D eigenvalue weighted by Gasteiger charge is -2.29. The first kappa shape index (κ1) is 17.2. The zero-order valence-corrected chi connectivity index (χ0v) is 13.2. The van der Waals surface area contributed by atoms with Crippen LogP contribution in [0.25, 0.3) is 0 Å². The number of halogens is 1. The van der Waals surface area contributed by atoms with E-state index in [1.807, 2.05) is 0 Å². The second-order valence-electron chi connectivity index (χ2n) is 5.10. The Labute approximate surface area is 140 Å². The molecule has 1 aliphatic heterocycles. The molecule has 0 amide bonds. The molecule has 1 aromatic rings. The number of nitrogens with zero attached hydrogens (tertiary/aromatic N) is 2. The fourth-order valence-corrected chi connectivity index (χ4v) is 2.12. The predicted molar refractivity (Wildman–Crippen MR) is 80.8 cm³/mol. The maximum Gasteiger partial charge on any atom is 0.350 e. The summed E-state index contributed by atoms with van der Waals surface area (Å²) in [6.07, 6.45) is 0.966. The normalized spacial score (nSPS) is 15.8. The van der Waals surface area contributed by atoms with Crippen LogP contribution in [0.5, 0.6) is 0 Å². The first-order valence-corrected chi connectivity index (χ1v) is 6.84. The number of carbonyl (C=O) groups is 2. The molecule has 0 aromatic heterocycles. The van der Waals surface area contributed by atoms with Crippen LogP contribution in [0.15, 0.2) is 23.9 Å². The van der Waals surface area contributed by atoms with Crippen LogP contribution < -0.4 is 5.32 Å². The molecule has 24 heavy (non-hydrogen) atoms. The van der Waals surface area contributed by atoms with Crippen molar-refractivity contribution in [2.45, 2.75) is 19.6 Å². The maximum atomic E-state index is 11.8. The minimum absolute atomic E-state index is 0.00250. The van der Waals surface area contributed by atoms with Crippen molar-refractivity contribution >= 4 is 34.9 Å². The van der Waals surface area contributed by atoms with Crippen LogP contribution in [0, 0.1) is 21.4 Å². The summed E-state index contributed by atoms with van der Waals surface area (Å²) >= 11 is 5.91. The summed E-state index contributed by atoms with van der Waals surface area (Å²) < 4.78 is 9.81. The fourth-order valence-electron chi connectivity index (χ4n) is 1.86. The van der Waals surface area contributed by atoms with Crippen LogP contribution in [-0.2, 0) is 19.1 Å². The summed E-state index contributed by atoms with van der Waals surface area (Å²) in [5.41, 5.74) is -0.938. The van der Waals surface area contributed by atoms with E-state index < -0.39 is 28.2 Å². The van der Waals surface area contributed by atoms with Crippen molar-refractivity contribution in [2.24, 2.45) is 0 Å². The molecule has 0 unspecified atom stereocenters. The summed E-state index contributed by atoms with van der Waals surface area (Å²) in [5.74, 6) is -3.21. The van der Waals surface area contributed by atoms with Gasteiger partial charge in [0.25, 0.3) is 11.5 Å². The number of nitro groups is 1. The van der Waals surface area contributed by atoms with Gasteiger partial charge in [-0.1, -0.05) is 11.6 Å². The average molecular weight is 352 g/mol. The smallest absolute Gasteiger partial charge is 0.350 e. The van der Waals surface area contributed by atoms with Gasteiger partial charge in [-0.3, -0.25) is 10.1 Å². The van der Waals surface area contributed by atoms with Crippen molar-refractivity contribution in [1.29, 1.82) is 5.26 Å². The molecule has 0 aliphatic carbocycles. The summed E-state index contributed by atoms with van der Waals surface area (Å²) in [7, 11) is 0. The third-order valence-electron chi connectivity index (χ3n) is 2.88. The zero-order chi connectivity index (χ0) is 18.1. The Morgan fingerprint density at radius 2 is 1.92 bits per heavy atom. The van der Waals surface area contributed by atoms with Gasteiger partial charge in [-0.15, -0.1) is 0 Å². The first-order valence-electron chi connectivity index (χ1n) is 6.46. The van der Waals surface area contributed by atoms with Crippen molar-refractivity contribution in [3.05, 3.63) is 44.6 Å². The van der Waals surface area contributed by atoms with Gasteiger partial charge in [-0.05, 0) is 0 Å². The van der Waals surface area contributed by atoms with E-state index in [0.29, 0.717) is 0 Å². The monoisotopic (exact) mass is 351 g/mol. The molecule has 0 atom stereocenters. The molecule has 0 spiro atoms. The standard InChI is InChI=1S/C14H10ClN3O6/c1-14(2)23-12(19)9(13(20)24-14)6-17-11-7(5-16)3-8(18(21)22)4-10(11)15/h3-4,6,17H,1-2H3. The van der Waals surface area contributed by atoms with Crippen molar-refractivity contribution in [1.82, 2.24) is 0 Å². The van der Waals surface area contributed by atoms with Crippen molar-refractivity contribution in [3.63, 3.8) is 0 Å². The molecule has 10 heteroatoms. The molecule has 124 valence electrons. The number of ether oxygens (including phenoxy) is 2. The first-order chi connectivity index (χ1) is 11.1. The number of cyclic esters (lactones) is 2. The van der Waals surface area contributed by atoms with E-state index in [2.05, 4.69) is 5.32 Å². The van der Waals surface area contributed by atoms with E-state index in [9.17, 15) is 19.7 Å². The number of benzene rings is 1. The molecular formula is C14H10ClN3O6. The molecule has 1 aromatic carbocycles. The van der Waals surface area contributed by atoms with Gasteiger partial charge < -0.3 is 14.8 Å². The van der Waals surface area contributed by atoms with E-state index in [0.717, 1.165) is 18.3 Å². The Morgan fingerprint density at radius 3 is 2.42 bits per heavy atom. The number of esters is 2. The van der Waals surface area contributed by atoms with Gasteiger partial charge in [0.2, 0.25) is 0 Å². The lowest BCUT2D eigenvalue weighted by molar-refractivity contribution is -0.384. The number of nitrogens with one attached hydrogen (secondary N) is 1. The molecule has 1 saturated heterocycles. The van der Waals surface area contributed by atoms with E-state index in [1.54, 1.807) is 6.07 Å². The highest BCUT2D eigenvalue weighted by Gasteiger charge is 2.39. The van der Waals surface area contributed by atoms with E-state index >= 15 is 0 Å². The summed E-state index contributed by atoms with van der Waals surface area (Å²) in [6.45, 7) is 2.79. The average Bonchev–Trinajstić information content (AvgIpc) is 2.45. The third kappa shape index (κ3) is 3.44. The Hall–Kier alpha value is -3.12. The van der Waals surface area contributed by atoms with E-state index in [-0.39, 0.29) is 22.0 Å². The number of hydrogen-bond donors (Lipinski definition) is 1. The lowest BCUT2D eigenvalue weighted by atomic mass is 10.1. The number of hydrogen-bond acceptors (Lipinski definition) is 8. The van der Waals surface area contributed by atoms with Gasteiger partial charge in [0.1, 0.15) is 6.07 Å². The Morgan fingerprint density at radius 1 is 1.33 bits per heavy atom. The molecule has 0 saturated carbocycles. The summed E-state index contributed by atoms with van der Waals surface area (Å²) in [4.78, 5) is 33.7. The molecular weight excluding hydrogens is 342 g/mol. The van der Waals surface area contributed by atoms with Crippen LogP contribution in [0.1, 0.15) is 19.4 Å². The number of non-ortho nitro benzene ring substituents is 1. The summed E-state index contributed by atoms with van der Waals surface area (Å²) in [5, 5.41) is 22.2. The quantitative estimate of drug-likeness (QED) is 0.288. The number of nitriles is 1. The number of anilines is 1. The lowest BCUT2D eigenvalue weighted by Crippen LogP contribution is -2.42. The van der Waals surface area contributed by atoms with Crippen molar-refractivity contribution in [3.8, 4) is 6.07 Å². The Kier molecular flexibility index (Phi) is 4.43. The number of carbonyl (C=O) groups excluding carboxylic acids is 2. The molecule has 2 rings (SSSR count). The third-order valence-corrected chi connectivity index (χ3v) is 3.18. The SMILES string of the molecule is CC1(C)OC(=O)C(=CNc2c(Cl)cc([N+](=O)[O-])cc2C#N)C(=O)O1.